The molecule has 2 heterocycles. The van der Waals surface area contributed by atoms with Crippen LogP contribution in [0.1, 0.15) is 33.4 Å². The van der Waals surface area contributed by atoms with Crippen LogP contribution in [-0.2, 0) is 33.4 Å². The fraction of sp³-hybridized carbons (Fsp3) is 0.529. The van der Waals surface area contributed by atoms with Crippen LogP contribution in [0.25, 0.3) is 0 Å². The number of nitrogens with one attached hydrogen (secondary N) is 1. The van der Waals surface area contributed by atoms with Crippen molar-refractivity contribution in [1.29, 1.82) is 0 Å². The van der Waals surface area contributed by atoms with E-state index in [-0.39, 0.29) is 0 Å². The topological polar surface area (TPSA) is 171 Å². The number of aliphatic hydroxyl groups excluding tert-OH is 1. The Kier molecular flexibility index (Phi) is 6.82. The highest BCUT2D eigenvalue weighted by Crippen LogP contribution is 2.35. The maximum Gasteiger partial charge on any atom is 0.330 e. The van der Waals surface area contributed by atoms with E-state index in [1.165, 1.54) is 0 Å². The highest BCUT2D eigenvalue weighted by atomic mass is 16.6. The van der Waals surface area contributed by atoms with Crippen LogP contribution in [0.3, 0.4) is 0 Å². The van der Waals surface area contributed by atoms with Gasteiger partial charge >= 0.3 is 17.6 Å². The van der Waals surface area contributed by atoms with E-state index in [4.69, 9.17) is 14.2 Å². The molecular formula is C17H20N2O10. The van der Waals surface area contributed by atoms with Gasteiger partial charge in [0.25, 0.3) is 5.56 Å². The fourth-order valence-corrected chi connectivity index (χ4v) is 2.95. The van der Waals surface area contributed by atoms with Crippen LogP contribution in [-0.4, -0.2) is 62.6 Å². The van der Waals surface area contributed by atoms with Gasteiger partial charge < -0.3 is 19.3 Å². The number of esters is 2. The average Bonchev–Trinajstić information content (AvgIpc) is 2.90. The highest BCUT2D eigenvalue weighted by Gasteiger charge is 2.54. The van der Waals surface area contributed by atoms with Gasteiger partial charge in [-0.3, -0.25) is 33.5 Å². The van der Waals surface area contributed by atoms with Gasteiger partial charge in [0.15, 0.2) is 24.2 Å². The minimum atomic E-state index is -1.91. The van der Waals surface area contributed by atoms with Gasteiger partial charge in [-0.15, -0.1) is 0 Å². The lowest BCUT2D eigenvalue weighted by Gasteiger charge is -2.25. The number of aliphatic hydroxyl groups is 1. The molecule has 12 heteroatoms. The van der Waals surface area contributed by atoms with Crippen molar-refractivity contribution in [3.8, 4) is 0 Å². The molecule has 0 bridgehead atoms. The molecule has 1 fully saturated rings. The number of H-pyrrole nitrogens is 1. The standard InChI is InChI=1S/C17H20N2O10/c1-7(20)6-10(23)12(25)13-14(27-8(2)21)15(28-9(3)22)16(29-13)19-5-4-11(24)18-17(19)26/h4-5,12-16,25H,6H2,1-3H3,(H,18,24,26)/t12?,13-,14-,15-,16-/m1/s1. The number of hydrogen-bond donors (Lipinski definition) is 2. The van der Waals surface area contributed by atoms with Crippen molar-refractivity contribution in [2.45, 2.75) is 57.8 Å². The molecule has 0 radical (unpaired) electrons. The molecule has 2 N–H and O–H groups in total. The second kappa shape index (κ2) is 8.92. The largest absolute Gasteiger partial charge is 0.455 e. The maximum atomic E-state index is 12.1. The zero-order valence-corrected chi connectivity index (χ0v) is 15.8. The molecule has 0 saturated carbocycles. The second-order valence-corrected chi connectivity index (χ2v) is 6.45. The molecular weight excluding hydrogens is 392 g/mol. The van der Waals surface area contributed by atoms with Crippen LogP contribution < -0.4 is 11.2 Å². The van der Waals surface area contributed by atoms with Crippen LogP contribution >= 0.6 is 0 Å². The van der Waals surface area contributed by atoms with E-state index >= 15 is 0 Å². The van der Waals surface area contributed by atoms with Gasteiger partial charge in [0, 0.05) is 26.1 Å². The van der Waals surface area contributed by atoms with Crippen LogP contribution in [0.2, 0.25) is 0 Å². The zero-order chi connectivity index (χ0) is 21.9. The summed E-state index contributed by atoms with van der Waals surface area (Å²) in [6.07, 6.45) is -7.33. The Morgan fingerprint density at radius 3 is 2.24 bits per heavy atom. The van der Waals surface area contributed by atoms with Gasteiger partial charge in [0.1, 0.15) is 18.0 Å². The Hall–Kier alpha value is -3.12. The number of ketones is 2. The number of ether oxygens (including phenoxy) is 3. The lowest BCUT2D eigenvalue weighted by Crippen LogP contribution is -2.46. The van der Waals surface area contributed by atoms with Crippen molar-refractivity contribution in [1.82, 2.24) is 9.55 Å². The number of aromatic nitrogens is 2. The Labute approximate surface area is 163 Å². The summed E-state index contributed by atoms with van der Waals surface area (Å²) < 4.78 is 16.7. The van der Waals surface area contributed by atoms with Crippen molar-refractivity contribution in [2.75, 3.05) is 0 Å². The molecule has 158 valence electrons. The number of rotatable bonds is 7. The summed E-state index contributed by atoms with van der Waals surface area (Å²) in [5.41, 5.74) is -1.62. The lowest BCUT2D eigenvalue weighted by atomic mass is 9.99. The predicted molar refractivity (Wildman–Crippen MR) is 92.7 cm³/mol. The predicted octanol–water partition coefficient (Wildman–Crippen LogP) is -1.79. The number of hydrogen-bond acceptors (Lipinski definition) is 10. The van der Waals surface area contributed by atoms with Crippen LogP contribution in [0.4, 0.5) is 0 Å². The second-order valence-electron chi connectivity index (χ2n) is 6.45. The van der Waals surface area contributed by atoms with Crippen molar-refractivity contribution in [3.05, 3.63) is 33.1 Å². The molecule has 1 unspecified atom stereocenters. The SMILES string of the molecule is CC(=O)CC(=O)C(O)[C@H]1O[C@@H](n2ccc(=O)[nH]c2=O)[C@H](OC(C)=O)[C@@H]1OC(C)=O. The Morgan fingerprint density at radius 1 is 1.14 bits per heavy atom. The molecule has 1 saturated heterocycles. The Balaban J connectivity index is 2.49. The Bertz CT molecular complexity index is 933. The number of aromatic amines is 1. The summed E-state index contributed by atoms with van der Waals surface area (Å²) in [5.74, 6) is -3.07. The third kappa shape index (κ3) is 5.23. The number of carbonyl (C=O) groups excluding carboxylic acids is 4. The first-order valence-electron chi connectivity index (χ1n) is 8.53. The van der Waals surface area contributed by atoms with E-state index in [0.29, 0.717) is 0 Å². The summed E-state index contributed by atoms with van der Waals surface area (Å²) in [7, 11) is 0. The van der Waals surface area contributed by atoms with Crippen molar-refractivity contribution < 1.29 is 38.5 Å². The van der Waals surface area contributed by atoms with Gasteiger partial charge in [-0.05, 0) is 6.92 Å². The molecule has 0 aliphatic carbocycles. The quantitative estimate of drug-likeness (QED) is 0.385. The third-order valence-corrected chi connectivity index (χ3v) is 4.02. The molecule has 0 spiro atoms. The smallest absolute Gasteiger partial charge is 0.330 e. The van der Waals surface area contributed by atoms with Gasteiger partial charge in [0.2, 0.25) is 0 Å². The minimum absolute atomic E-state index is 0.513. The molecule has 0 aromatic carbocycles. The van der Waals surface area contributed by atoms with E-state index < -0.39 is 71.8 Å². The number of Topliss-reactive ketones (excluding diaryl/α,β-unsaturated/α-hetero) is 2. The molecule has 1 aromatic rings. The lowest BCUT2D eigenvalue weighted by molar-refractivity contribution is -0.167. The molecule has 12 nitrogen and oxygen atoms in total. The van der Waals surface area contributed by atoms with Gasteiger partial charge in [-0.25, -0.2) is 4.79 Å². The molecule has 29 heavy (non-hydrogen) atoms. The average molecular weight is 412 g/mol. The Morgan fingerprint density at radius 2 is 1.72 bits per heavy atom. The molecule has 0 amide bonds. The summed E-state index contributed by atoms with van der Waals surface area (Å²) in [6.45, 7) is 3.25. The summed E-state index contributed by atoms with van der Waals surface area (Å²) in [6, 6.07) is 1.00. The molecule has 1 aromatic heterocycles. The molecule has 2 rings (SSSR count). The van der Waals surface area contributed by atoms with Crippen molar-refractivity contribution in [2.24, 2.45) is 0 Å². The van der Waals surface area contributed by atoms with Crippen LogP contribution in [0.5, 0.6) is 0 Å². The van der Waals surface area contributed by atoms with E-state index in [1.54, 1.807) is 0 Å². The first-order valence-corrected chi connectivity index (χ1v) is 8.53. The number of nitrogens with zero attached hydrogens (tertiary/aromatic N) is 1. The van der Waals surface area contributed by atoms with E-state index in [1.807, 2.05) is 4.98 Å². The van der Waals surface area contributed by atoms with Gasteiger partial charge in [0.05, 0.1) is 6.42 Å². The van der Waals surface area contributed by atoms with Crippen molar-refractivity contribution >= 4 is 23.5 Å². The minimum Gasteiger partial charge on any atom is -0.455 e. The third-order valence-electron chi connectivity index (χ3n) is 4.02. The fourth-order valence-electron chi connectivity index (χ4n) is 2.95. The normalized spacial score (nSPS) is 24.6. The highest BCUT2D eigenvalue weighted by molar-refractivity contribution is 6.00. The van der Waals surface area contributed by atoms with E-state index in [0.717, 1.165) is 37.6 Å². The number of carbonyl (C=O) groups is 4. The summed E-state index contributed by atoms with van der Waals surface area (Å²) in [5, 5.41) is 10.4. The first-order chi connectivity index (χ1) is 13.5. The molecule has 1 aliphatic heterocycles. The van der Waals surface area contributed by atoms with Crippen molar-refractivity contribution in [3.63, 3.8) is 0 Å². The summed E-state index contributed by atoms with van der Waals surface area (Å²) >= 11 is 0. The zero-order valence-electron chi connectivity index (χ0n) is 15.8. The summed E-state index contributed by atoms with van der Waals surface area (Å²) in [4.78, 5) is 71.9. The van der Waals surface area contributed by atoms with Gasteiger partial charge in [-0.1, -0.05) is 0 Å². The molecule has 1 aliphatic rings. The van der Waals surface area contributed by atoms with Gasteiger partial charge in [-0.2, -0.15) is 0 Å². The molecule has 5 atom stereocenters. The first kappa shape index (κ1) is 22.2. The van der Waals surface area contributed by atoms with E-state index in [2.05, 4.69) is 0 Å². The van der Waals surface area contributed by atoms with E-state index in [9.17, 15) is 33.9 Å². The monoisotopic (exact) mass is 412 g/mol. The van der Waals surface area contributed by atoms with Crippen LogP contribution in [0.15, 0.2) is 21.9 Å². The maximum absolute atomic E-state index is 12.1. The van der Waals surface area contributed by atoms with Crippen LogP contribution in [0, 0.1) is 0 Å².